The van der Waals surface area contributed by atoms with Crippen LogP contribution in [-0.4, -0.2) is 21.9 Å². The summed E-state index contributed by atoms with van der Waals surface area (Å²) in [5.74, 6) is 2.44. The van der Waals surface area contributed by atoms with Crippen LogP contribution >= 0.6 is 23.1 Å². The van der Waals surface area contributed by atoms with Gasteiger partial charge in [-0.3, -0.25) is 9.36 Å². The fourth-order valence-electron chi connectivity index (χ4n) is 3.75. The zero-order chi connectivity index (χ0) is 19.7. The molecule has 0 radical (unpaired) electrons. The Morgan fingerprint density at radius 3 is 2.79 bits per heavy atom. The van der Waals surface area contributed by atoms with Crippen LogP contribution < -0.4 is 10.3 Å². The van der Waals surface area contributed by atoms with E-state index in [9.17, 15) is 4.79 Å². The van der Waals surface area contributed by atoms with E-state index in [-0.39, 0.29) is 5.56 Å². The van der Waals surface area contributed by atoms with E-state index in [0.717, 1.165) is 58.2 Å². The largest absolute Gasteiger partial charge is 0.494 e. The number of hydrogen-bond acceptors (Lipinski definition) is 5. The molecule has 1 aliphatic carbocycles. The Hall–Kier alpha value is -1.79. The fraction of sp³-hybridized carbons (Fsp3) is 0.455. The average Bonchev–Trinajstić information content (AvgIpc) is 3.05. The summed E-state index contributed by atoms with van der Waals surface area (Å²) in [7, 11) is 0. The molecule has 0 saturated carbocycles. The second-order valence-corrected chi connectivity index (χ2v) is 9.49. The maximum absolute atomic E-state index is 13.6. The van der Waals surface area contributed by atoms with Crippen LogP contribution in [0.1, 0.15) is 44.1 Å². The van der Waals surface area contributed by atoms with Gasteiger partial charge in [0.05, 0.1) is 17.7 Å². The van der Waals surface area contributed by atoms with Gasteiger partial charge in [0.1, 0.15) is 10.6 Å². The molecule has 0 fully saturated rings. The minimum absolute atomic E-state index is 0.0693. The van der Waals surface area contributed by atoms with E-state index in [1.165, 1.54) is 10.4 Å². The molecular weight excluding hydrogens is 388 g/mol. The number of hydrogen-bond donors (Lipinski definition) is 0. The van der Waals surface area contributed by atoms with Gasteiger partial charge in [-0.2, -0.15) is 0 Å². The van der Waals surface area contributed by atoms with Crippen LogP contribution in [0.2, 0.25) is 0 Å². The predicted octanol–water partition coefficient (Wildman–Crippen LogP) is 5.47. The van der Waals surface area contributed by atoms with Crippen LogP contribution in [0.3, 0.4) is 0 Å². The molecule has 28 heavy (non-hydrogen) atoms. The molecule has 4 rings (SSSR count). The molecule has 0 saturated heterocycles. The highest BCUT2D eigenvalue weighted by Crippen LogP contribution is 2.37. The van der Waals surface area contributed by atoms with Crippen molar-refractivity contribution < 1.29 is 4.74 Å². The van der Waals surface area contributed by atoms with Crippen LogP contribution in [-0.2, 0) is 12.8 Å². The summed E-state index contributed by atoms with van der Waals surface area (Å²) in [6.45, 7) is 7.04. The number of ether oxygens (including phenoxy) is 1. The average molecular weight is 415 g/mol. The van der Waals surface area contributed by atoms with Gasteiger partial charge in [-0.1, -0.05) is 25.6 Å². The van der Waals surface area contributed by atoms with Gasteiger partial charge >= 0.3 is 0 Å². The van der Waals surface area contributed by atoms with Crippen LogP contribution in [0.4, 0.5) is 0 Å². The van der Waals surface area contributed by atoms with E-state index < -0.39 is 0 Å². The minimum atomic E-state index is 0.0693. The van der Waals surface area contributed by atoms with Crippen LogP contribution in [0.25, 0.3) is 15.9 Å². The van der Waals surface area contributed by atoms with E-state index in [4.69, 9.17) is 9.72 Å². The Morgan fingerprint density at radius 1 is 1.29 bits per heavy atom. The zero-order valence-corrected chi connectivity index (χ0v) is 18.3. The molecule has 2 heterocycles. The summed E-state index contributed by atoms with van der Waals surface area (Å²) in [6.07, 6.45) is 4.24. The fourth-order valence-corrected chi connectivity index (χ4v) is 6.04. The van der Waals surface area contributed by atoms with Gasteiger partial charge in [0.25, 0.3) is 5.56 Å². The number of thiophene rings is 1. The third kappa shape index (κ3) is 3.60. The Kier molecular flexibility index (Phi) is 5.78. The van der Waals surface area contributed by atoms with Gasteiger partial charge in [-0.15, -0.1) is 11.3 Å². The normalized spacial score (nSPS) is 16.3. The first kappa shape index (κ1) is 19.5. The Bertz CT molecular complexity index is 1040. The number of aryl methyl sites for hydroxylation is 1. The third-order valence-electron chi connectivity index (χ3n) is 5.14. The van der Waals surface area contributed by atoms with Crippen molar-refractivity contribution in [2.45, 2.75) is 51.6 Å². The van der Waals surface area contributed by atoms with Crippen molar-refractivity contribution in [3.05, 3.63) is 45.1 Å². The Balaban J connectivity index is 1.89. The molecule has 0 aliphatic heterocycles. The SMILES string of the molecule is CCCSc1nc2sc3c(c2c(=O)n1-c1ccc(OCC)cc1)CCC(C)C3. The molecular formula is C22H26N2O2S2. The highest BCUT2D eigenvalue weighted by atomic mass is 32.2. The van der Waals surface area contributed by atoms with Crippen molar-refractivity contribution in [1.82, 2.24) is 9.55 Å². The molecule has 148 valence electrons. The van der Waals surface area contributed by atoms with Gasteiger partial charge in [-0.25, -0.2) is 4.98 Å². The molecule has 6 heteroatoms. The summed E-state index contributed by atoms with van der Waals surface area (Å²) < 4.78 is 7.35. The lowest BCUT2D eigenvalue weighted by Gasteiger charge is -2.18. The van der Waals surface area contributed by atoms with Crippen molar-refractivity contribution in [3.8, 4) is 11.4 Å². The lowest BCUT2D eigenvalue weighted by atomic mass is 9.89. The molecule has 1 unspecified atom stereocenters. The monoisotopic (exact) mass is 414 g/mol. The summed E-state index contributed by atoms with van der Waals surface area (Å²) in [5.41, 5.74) is 2.16. The summed E-state index contributed by atoms with van der Waals surface area (Å²) in [5, 5.41) is 1.62. The number of aromatic nitrogens is 2. The molecule has 0 amide bonds. The van der Waals surface area contributed by atoms with Gasteiger partial charge in [0.2, 0.25) is 0 Å². The van der Waals surface area contributed by atoms with Crippen molar-refractivity contribution in [2.24, 2.45) is 5.92 Å². The van der Waals surface area contributed by atoms with Crippen molar-refractivity contribution in [3.63, 3.8) is 0 Å². The summed E-state index contributed by atoms with van der Waals surface area (Å²) >= 11 is 3.38. The molecule has 1 aliphatic rings. The number of fused-ring (bicyclic) bond motifs is 3. The van der Waals surface area contributed by atoms with E-state index in [1.54, 1.807) is 27.7 Å². The second kappa shape index (κ2) is 8.29. The molecule has 0 N–H and O–H groups in total. The van der Waals surface area contributed by atoms with E-state index in [1.807, 2.05) is 31.2 Å². The molecule has 1 aromatic carbocycles. The number of benzene rings is 1. The van der Waals surface area contributed by atoms with Crippen molar-refractivity contribution in [2.75, 3.05) is 12.4 Å². The number of nitrogens with zero attached hydrogens (tertiary/aromatic N) is 2. The van der Waals surface area contributed by atoms with Crippen molar-refractivity contribution >= 4 is 33.3 Å². The molecule has 3 aromatic rings. The maximum atomic E-state index is 13.6. The van der Waals surface area contributed by atoms with Crippen LogP contribution in [0, 0.1) is 5.92 Å². The Labute approximate surface area is 174 Å². The highest BCUT2D eigenvalue weighted by Gasteiger charge is 2.25. The first-order valence-electron chi connectivity index (χ1n) is 10.1. The smallest absolute Gasteiger partial charge is 0.267 e. The van der Waals surface area contributed by atoms with E-state index in [2.05, 4.69) is 13.8 Å². The minimum Gasteiger partial charge on any atom is -0.494 e. The molecule has 2 aromatic heterocycles. The quantitative estimate of drug-likeness (QED) is 0.396. The summed E-state index contributed by atoms with van der Waals surface area (Å²) in [6, 6.07) is 7.76. The van der Waals surface area contributed by atoms with Gasteiger partial charge in [0, 0.05) is 10.6 Å². The maximum Gasteiger partial charge on any atom is 0.267 e. The van der Waals surface area contributed by atoms with Gasteiger partial charge in [-0.05, 0) is 68.4 Å². The molecule has 0 spiro atoms. The molecule has 0 bridgehead atoms. The van der Waals surface area contributed by atoms with Gasteiger partial charge in [0.15, 0.2) is 5.16 Å². The van der Waals surface area contributed by atoms with E-state index in [0.29, 0.717) is 12.5 Å². The lowest BCUT2D eigenvalue weighted by Crippen LogP contribution is -2.22. The molecule has 4 nitrogen and oxygen atoms in total. The lowest BCUT2D eigenvalue weighted by molar-refractivity contribution is 0.340. The Morgan fingerprint density at radius 2 is 2.07 bits per heavy atom. The second-order valence-electron chi connectivity index (χ2n) is 7.34. The number of thioether (sulfide) groups is 1. The standard InChI is InChI=1S/C22H26N2O2S2/c1-4-12-27-22-23-20-19(17-11-6-14(3)13-18(17)28-20)21(25)24(22)15-7-9-16(10-8-15)26-5-2/h7-10,14H,4-6,11-13H2,1-3H3. The van der Waals surface area contributed by atoms with Crippen LogP contribution in [0.5, 0.6) is 5.75 Å². The zero-order valence-electron chi connectivity index (χ0n) is 16.7. The van der Waals surface area contributed by atoms with Crippen molar-refractivity contribution in [1.29, 1.82) is 0 Å². The predicted molar refractivity (Wildman–Crippen MR) is 119 cm³/mol. The number of rotatable bonds is 6. The first-order valence-corrected chi connectivity index (χ1v) is 11.9. The van der Waals surface area contributed by atoms with E-state index >= 15 is 0 Å². The molecule has 1 atom stereocenters. The van der Waals surface area contributed by atoms with Gasteiger partial charge < -0.3 is 4.74 Å². The summed E-state index contributed by atoms with van der Waals surface area (Å²) in [4.78, 5) is 20.8. The van der Waals surface area contributed by atoms with Crippen LogP contribution in [0.15, 0.2) is 34.2 Å². The topological polar surface area (TPSA) is 44.1 Å². The highest BCUT2D eigenvalue weighted by molar-refractivity contribution is 7.99. The third-order valence-corrected chi connectivity index (χ3v) is 7.43. The first-order chi connectivity index (χ1) is 13.6.